The summed E-state index contributed by atoms with van der Waals surface area (Å²) in [6.45, 7) is 15.6. The summed E-state index contributed by atoms with van der Waals surface area (Å²) in [4.78, 5) is 26.0. The number of aliphatic carboxylic acids is 1. The summed E-state index contributed by atoms with van der Waals surface area (Å²) in [6.07, 6.45) is -6.08. The first-order valence-corrected chi connectivity index (χ1v) is 21.2. The minimum absolute atomic E-state index is 0.0316. The average molecular weight is 809 g/mol. The van der Waals surface area contributed by atoms with Gasteiger partial charge in [0.25, 0.3) is 0 Å². The highest BCUT2D eigenvalue weighted by atomic mass is 16.7. The number of carboxylic acid groups (broad SMARTS) is 1. The van der Waals surface area contributed by atoms with Gasteiger partial charge in [-0.3, -0.25) is 4.79 Å². The van der Waals surface area contributed by atoms with Crippen molar-refractivity contribution in [3.63, 3.8) is 0 Å². The fraction of sp³-hybridized carbons (Fsp3) is 0.907. The third-order valence-corrected chi connectivity index (χ3v) is 17.4. The SMILES string of the molecule is COC(=O)C1OC(OC2CCC3(C)C(CCC4(C)C3CC=C3C5CC(C)(C)CCC5(C(=O)O)CCC34C)C2(C)C)C(O)C(OC2OC(CO)C(O)C(O)C2O)C1O. The first kappa shape index (κ1) is 43.4. The second-order valence-electron chi connectivity index (χ2n) is 20.9. The number of hydrogen-bond donors (Lipinski definition) is 7. The summed E-state index contributed by atoms with van der Waals surface area (Å²) in [5.41, 5.74) is 0.0788. The van der Waals surface area contributed by atoms with Crippen molar-refractivity contribution >= 4 is 11.9 Å². The molecule has 0 amide bonds. The lowest BCUT2D eigenvalue weighted by Crippen LogP contribution is -2.67. The van der Waals surface area contributed by atoms with Crippen molar-refractivity contribution in [2.45, 2.75) is 180 Å². The molecule has 18 unspecified atom stereocenters. The number of hydrogen-bond acceptors (Lipinski definition) is 13. The predicted octanol–water partition coefficient (Wildman–Crippen LogP) is 3.06. The molecule has 57 heavy (non-hydrogen) atoms. The summed E-state index contributed by atoms with van der Waals surface area (Å²) in [7, 11) is 1.13. The Morgan fingerprint density at radius 2 is 1.44 bits per heavy atom. The fourth-order valence-electron chi connectivity index (χ4n) is 13.8. The van der Waals surface area contributed by atoms with Crippen LogP contribution >= 0.6 is 0 Å². The lowest BCUT2D eigenvalue weighted by Gasteiger charge is -2.71. The molecule has 7 rings (SSSR count). The average Bonchev–Trinajstić information content (AvgIpc) is 3.14. The molecule has 0 aromatic rings. The van der Waals surface area contributed by atoms with Crippen molar-refractivity contribution < 1.29 is 69.0 Å². The van der Waals surface area contributed by atoms with Crippen LogP contribution < -0.4 is 0 Å². The van der Waals surface area contributed by atoms with E-state index >= 15 is 0 Å². The van der Waals surface area contributed by atoms with Crippen molar-refractivity contribution in [2.24, 2.45) is 50.2 Å². The van der Waals surface area contributed by atoms with Gasteiger partial charge >= 0.3 is 11.9 Å². The van der Waals surface area contributed by atoms with E-state index in [4.69, 9.17) is 23.7 Å². The number of methoxy groups -OCH3 is 1. The molecule has 2 aliphatic heterocycles. The van der Waals surface area contributed by atoms with E-state index in [1.807, 2.05) is 0 Å². The first-order valence-electron chi connectivity index (χ1n) is 21.2. The third kappa shape index (κ3) is 6.48. The summed E-state index contributed by atoms with van der Waals surface area (Å²) in [6, 6.07) is 0. The molecule has 6 fully saturated rings. The zero-order chi connectivity index (χ0) is 41.8. The van der Waals surface area contributed by atoms with Crippen molar-refractivity contribution in [2.75, 3.05) is 13.7 Å². The maximum atomic E-state index is 13.1. The maximum absolute atomic E-state index is 13.1. The smallest absolute Gasteiger partial charge is 0.337 e. The molecule has 7 N–H and O–H groups in total. The van der Waals surface area contributed by atoms with Crippen molar-refractivity contribution in [1.29, 1.82) is 0 Å². The number of aliphatic hydroxyl groups excluding tert-OH is 6. The van der Waals surface area contributed by atoms with Gasteiger partial charge in [-0.2, -0.15) is 0 Å². The molecule has 0 bridgehead atoms. The van der Waals surface area contributed by atoms with E-state index in [9.17, 15) is 45.3 Å². The van der Waals surface area contributed by atoms with E-state index in [-0.39, 0.29) is 33.5 Å². The number of fused-ring (bicyclic) bond motifs is 7. The van der Waals surface area contributed by atoms with Crippen LogP contribution in [0.5, 0.6) is 0 Å². The Balaban J connectivity index is 1.13. The molecule has 14 nitrogen and oxygen atoms in total. The van der Waals surface area contributed by atoms with Crippen molar-refractivity contribution in [1.82, 2.24) is 0 Å². The van der Waals surface area contributed by atoms with Crippen LogP contribution in [0.2, 0.25) is 0 Å². The first-order chi connectivity index (χ1) is 26.5. The molecule has 0 aromatic heterocycles. The van der Waals surface area contributed by atoms with E-state index in [0.29, 0.717) is 18.8 Å². The van der Waals surface area contributed by atoms with Gasteiger partial charge in [0.15, 0.2) is 18.7 Å². The molecule has 4 saturated carbocycles. The highest BCUT2D eigenvalue weighted by molar-refractivity contribution is 5.77. The molecule has 0 aromatic carbocycles. The Bertz CT molecular complexity index is 1580. The van der Waals surface area contributed by atoms with Crippen molar-refractivity contribution in [3.05, 3.63) is 11.6 Å². The van der Waals surface area contributed by atoms with Crippen LogP contribution in [0.3, 0.4) is 0 Å². The molecule has 14 heteroatoms. The fourth-order valence-corrected chi connectivity index (χ4v) is 13.8. The monoisotopic (exact) mass is 808 g/mol. The largest absolute Gasteiger partial charge is 0.481 e. The Hall–Kier alpha value is -1.72. The summed E-state index contributed by atoms with van der Waals surface area (Å²) in [5, 5.41) is 74.6. The molecule has 2 saturated heterocycles. The van der Waals surface area contributed by atoms with Gasteiger partial charge in [-0.25, -0.2) is 4.79 Å². The number of aliphatic hydroxyl groups is 6. The molecule has 2 heterocycles. The molecule has 7 aliphatic rings. The number of carboxylic acids is 1. The molecule has 5 aliphatic carbocycles. The summed E-state index contributed by atoms with van der Waals surface area (Å²) in [5.74, 6) is -0.993. The van der Waals surface area contributed by atoms with E-state index in [0.717, 1.165) is 58.5 Å². The third-order valence-electron chi connectivity index (χ3n) is 17.4. The second kappa shape index (κ2) is 14.7. The number of allylic oxidation sites excluding steroid dienone is 2. The Labute approximate surface area is 336 Å². The highest BCUT2D eigenvalue weighted by Gasteiger charge is 2.70. The quantitative estimate of drug-likeness (QED) is 0.112. The lowest BCUT2D eigenvalue weighted by molar-refractivity contribution is -0.365. The number of ether oxygens (including phenoxy) is 5. The van der Waals surface area contributed by atoms with E-state index < -0.39 is 96.9 Å². The molecule has 0 radical (unpaired) electrons. The number of carbonyl (C=O) groups excluding carboxylic acids is 1. The van der Waals surface area contributed by atoms with Gasteiger partial charge in [0.1, 0.15) is 42.7 Å². The van der Waals surface area contributed by atoms with Crippen LogP contribution in [0.15, 0.2) is 11.6 Å². The van der Waals surface area contributed by atoms with Gasteiger partial charge in [-0.05, 0) is 109 Å². The molecule has 324 valence electrons. The number of carbonyl (C=O) groups is 2. The van der Waals surface area contributed by atoms with Crippen molar-refractivity contribution in [3.8, 4) is 0 Å². The molecular formula is C43H68O14. The van der Waals surface area contributed by atoms with Gasteiger partial charge in [0, 0.05) is 0 Å². The van der Waals surface area contributed by atoms with Crippen LogP contribution in [0.1, 0.15) is 113 Å². The standard InChI is InChI=1S/C43H68O14/c1-38(2)15-17-43(37(51)52)18-16-41(6)21(22(43)19-38)9-10-25-40(5)13-12-26(39(3,4)24(40)11-14-42(25,41)7)55-36-31(49)32(30(48)33(57-36)34(50)53-8)56-35-29(47)28(46)27(45)23(20-44)54-35/h9,22-33,35-36,44-49H,10-20H2,1-8H3,(H,51,52). The van der Waals surface area contributed by atoms with Crippen LogP contribution in [-0.2, 0) is 33.3 Å². The number of rotatable bonds is 7. The predicted molar refractivity (Wildman–Crippen MR) is 203 cm³/mol. The second-order valence-corrected chi connectivity index (χ2v) is 20.9. The lowest BCUT2D eigenvalue weighted by atomic mass is 9.33. The maximum Gasteiger partial charge on any atom is 0.337 e. The zero-order valence-corrected chi connectivity index (χ0v) is 34.9. The Morgan fingerprint density at radius 3 is 2.09 bits per heavy atom. The van der Waals surface area contributed by atoms with E-state index in [1.165, 1.54) is 5.57 Å². The van der Waals surface area contributed by atoms with Gasteiger partial charge in [0.2, 0.25) is 0 Å². The minimum Gasteiger partial charge on any atom is -0.481 e. The minimum atomic E-state index is -1.82. The topological polar surface area (TPSA) is 222 Å². The van der Waals surface area contributed by atoms with E-state index in [1.54, 1.807) is 0 Å². The van der Waals surface area contributed by atoms with E-state index in [2.05, 4.69) is 54.5 Å². The molecule has 18 atom stereocenters. The number of esters is 1. The van der Waals surface area contributed by atoms with Crippen LogP contribution in [0.4, 0.5) is 0 Å². The van der Waals surface area contributed by atoms with Gasteiger partial charge in [-0.15, -0.1) is 0 Å². The Kier molecular flexibility index (Phi) is 11.2. The zero-order valence-electron chi connectivity index (χ0n) is 34.9. The summed E-state index contributed by atoms with van der Waals surface area (Å²) < 4.78 is 28.9. The highest BCUT2D eigenvalue weighted by Crippen LogP contribution is 2.76. The van der Waals surface area contributed by atoms with Crippen LogP contribution in [-0.4, -0.2) is 129 Å². The van der Waals surface area contributed by atoms with Gasteiger partial charge in [-0.1, -0.05) is 60.1 Å². The summed E-state index contributed by atoms with van der Waals surface area (Å²) >= 11 is 0. The molecular weight excluding hydrogens is 740 g/mol. The normalized spacial score (nSPS) is 51.6. The van der Waals surface area contributed by atoms with Crippen LogP contribution in [0.25, 0.3) is 0 Å². The van der Waals surface area contributed by atoms with Gasteiger partial charge in [0.05, 0.1) is 25.2 Å². The molecule has 0 spiro atoms. The Morgan fingerprint density at radius 1 is 0.772 bits per heavy atom. The van der Waals surface area contributed by atoms with Gasteiger partial charge < -0.3 is 59.4 Å². The van der Waals surface area contributed by atoms with Crippen LogP contribution in [0, 0.1) is 50.2 Å².